The number of pyridine rings is 1. The normalized spacial score (nSPS) is 10.7. The maximum Gasteiger partial charge on any atom is 0.103 e. The number of H-pyrrole nitrogens is 1. The van der Waals surface area contributed by atoms with E-state index in [4.69, 9.17) is 17.3 Å². The highest BCUT2D eigenvalue weighted by Crippen LogP contribution is 2.32. The molecule has 0 aliphatic rings. The molecular formula is C15H11ClN4. The molecule has 0 aliphatic carbocycles. The lowest BCUT2D eigenvalue weighted by Crippen LogP contribution is -1.93. The van der Waals surface area contributed by atoms with Crippen molar-refractivity contribution in [2.75, 3.05) is 5.73 Å². The number of nitrogens with two attached hydrogens (primary N) is 1. The number of hydrogen-bond donors (Lipinski definition) is 2. The number of aryl methyl sites for hydroxylation is 1. The minimum atomic E-state index is 0.440. The first kappa shape index (κ1) is 12.5. The topological polar surface area (TPSA) is 78.5 Å². The van der Waals surface area contributed by atoms with Gasteiger partial charge in [-0.05, 0) is 25.1 Å². The van der Waals surface area contributed by atoms with Crippen molar-refractivity contribution in [3.8, 4) is 17.3 Å². The molecule has 0 fully saturated rings. The van der Waals surface area contributed by atoms with E-state index in [-0.39, 0.29) is 0 Å². The van der Waals surface area contributed by atoms with Gasteiger partial charge in [0.25, 0.3) is 0 Å². The summed E-state index contributed by atoms with van der Waals surface area (Å²) in [5.74, 6) is 0. The van der Waals surface area contributed by atoms with Crippen LogP contribution in [0.3, 0.4) is 0 Å². The number of hydrogen-bond acceptors (Lipinski definition) is 3. The molecule has 0 atom stereocenters. The molecule has 0 spiro atoms. The van der Waals surface area contributed by atoms with Crippen LogP contribution in [-0.4, -0.2) is 9.97 Å². The van der Waals surface area contributed by atoms with Crippen molar-refractivity contribution < 1.29 is 0 Å². The molecule has 2 aromatic heterocycles. The van der Waals surface area contributed by atoms with E-state index in [0.717, 1.165) is 27.9 Å². The Morgan fingerprint density at radius 3 is 2.80 bits per heavy atom. The van der Waals surface area contributed by atoms with E-state index >= 15 is 0 Å². The van der Waals surface area contributed by atoms with E-state index in [1.807, 2.05) is 31.3 Å². The first-order chi connectivity index (χ1) is 9.61. The van der Waals surface area contributed by atoms with Crippen molar-refractivity contribution in [2.24, 2.45) is 0 Å². The van der Waals surface area contributed by atoms with Crippen LogP contribution in [0.5, 0.6) is 0 Å². The van der Waals surface area contributed by atoms with E-state index < -0.39 is 0 Å². The van der Waals surface area contributed by atoms with Gasteiger partial charge in [0, 0.05) is 17.1 Å². The summed E-state index contributed by atoms with van der Waals surface area (Å²) < 4.78 is 0. The highest BCUT2D eigenvalue weighted by molar-refractivity contribution is 6.32. The van der Waals surface area contributed by atoms with Gasteiger partial charge in [-0.2, -0.15) is 5.26 Å². The van der Waals surface area contributed by atoms with Gasteiger partial charge in [-0.1, -0.05) is 17.7 Å². The number of anilines is 1. The lowest BCUT2D eigenvalue weighted by Gasteiger charge is -2.04. The van der Waals surface area contributed by atoms with Gasteiger partial charge in [0.2, 0.25) is 0 Å². The van der Waals surface area contributed by atoms with Gasteiger partial charge in [-0.25, -0.2) is 0 Å². The zero-order valence-corrected chi connectivity index (χ0v) is 11.5. The second kappa shape index (κ2) is 4.55. The van der Waals surface area contributed by atoms with E-state index in [1.54, 1.807) is 6.07 Å². The lowest BCUT2D eigenvalue weighted by molar-refractivity contribution is 1.21. The number of nitrogens with one attached hydrogen (secondary N) is 1. The fourth-order valence-corrected chi connectivity index (χ4v) is 2.42. The average molecular weight is 283 g/mol. The van der Waals surface area contributed by atoms with Gasteiger partial charge >= 0.3 is 0 Å². The molecule has 0 saturated carbocycles. The molecule has 0 unspecified atom stereocenters. The van der Waals surface area contributed by atoms with Crippen molar-refractivity contribution in [2.45, 2.75) is 6.92 Å². The Labute approximate surface area is 120 Å². The van der Waals surface area contributed by atoms with Crippen molar-refractivity contribution in [1.29, 1.82) is 5.26 Å². The molecule has 3 aromatic rings. The third-order valence-electron chi connectivity index (χ3n) is 3.32. The molecule has 4 nitrogen and oxygen atoms in total. The van der Waals surface area contributed by atoms with Gasteiger partial charge in [-0.3, -0.25) is 4.98 Å². The Hall–Kier alpha value is -2.51. The minimum absolute atomic E-state index is 0.440. The second-order valence-electron chi connectivity index (χ2n) is 4.53. The number of fused-ring (bicyclic) bond motifs is 1. The lowest BCUT2D eigenvalue weighted by atomic mass is 10.1. The first-order valence-corrected chi connectivity index (χ1v) is 6.43. The van der Waals surface area contributed by atoms with Crippen LogP contribution >= 0.6 is 11.6 Å². The van der Waals surface area contributed by atoms with Crippen LogP contribution in [0.2, 0.25) is 5.02 Å². The number of aromatic nitrogens is 2. The number of rotatable bonds is 1. The van der Waals surface area contributed by atoms with Crippen molar-refractivity contribution in [3.63, 3.8) is 0 Å². The summed E-state index contributed by atoms with van der Waals surface area (Å²) in [6.45, 7) is 1.87. The third-order valence-corrected chi connectivity index (χ3v) is 3.63. The van der Waals surface area contributed by atoms with Crippen LogP contribution in [0.1, 0.15) is 11.3 Å². The summed E-state index contributed by atoms with van der Waals surface area (Å²) in [6, 6.07) is 9.43. The van der Waals surface area contributed by atoms with E-state index in [0.29, 0.717) is 16.3 Å². The predicted molar refractivity (Wildman–Crippen MR) is 80.4 cm³/mol. The quantitative estimate of drug-likeness (QED) is 0.715. The van der Waals surface area contributed by atoms with Crippen molar-refractivity contribution >= 4 is 28.2 Å². The number of nitrogen functional groups attached to an aromatic ring is 1. The Bertz CT molecular complexity index is 858. The Kier molecular flexibility index (Phi) is 2.85. The molecule has 98 valence electrons. The highest BCUT2D eigenvalue weighted by atomic mass is 35.5. The molecule has 0 radical (unpaired) electrons. The Morgan fingerprint density at radius 1 is 1.30 bits per heavy atom. The number of nitrogens with zero attached hydrogens (tertiary/aromatic N) is 2. The van der Waals surface area contributed by atoms with Gasteiger partial charge in [-0.15, -0.1) is 0 Å². The molecule has 0 aliphatic heterocycles. The van der Waals surface area contributed by atoms with E-state index in [2.05, 4.69) is 16.0 Å². The number of halogens is 1. The summed E-state index contributed by atoms with van der Waals surface area (Å²) >= 11 is 6.03. The van der Waals surface area contributed by atoms with Gasteiger partial charge in [0.1, 0.15) is 6.07 Å². The van der Waals surface area contributed by atoms with Crippen LogP contribution < -0.4 is 5.73 Å². The molecule has 2 heterocycles. The molecular weight excluding hydrogens is 272 g/mol. The maximum atomic E-state index is 9.19. The van der Waals surface area contributed by atoms with Crippen LogP contribution in [0.25, 0.3) is 22.2 Å². The molecule has 5 heteroatoms. The second-order valence-corrected chi connectivity index (χ2v) is 4.94. The van der Waals surface area contributed by atoms with E-state index in [9.17, 15) is 5.26 Å². The number of benzene rings is 1. The summed E-state index contributed by atoms with van der Waals surface area (Å²) in [7, 11) is 0. The summed E-state index contributed by atoms with van der Waals surface area (Å²) in [6.07, 6.45) is 1.83. The van der Waals surface area contributed by atoms with E-state index in [1.165, 1.54) is 0 Å². The van der Waals surface area contributed by atoms with Gasteiger partial charge < -0.3 is 10.7 Å². The summed E-state index contributed by atoms with van der Waals surface area (Å²) in [5, 5.41) is 10.5. The third kappa shape index (κ3) is 1.80. The monoisotopic (exact) mass is 282 g/mol. The van der Waals surface area contributed by atoms with Gasteiger partial charge in [0.15, 0.2) is 0 Å². The van der Waals surface area contributed by atoms with Crippen molar-refractivity contribution in [3.05, 3.63) is 46.7 Å². The molecule has 3 N–H and O–H groups in total. The molecule has 0 amide bonds. The van der Waals surface area contributed by atoms with Crippen molar-refractivity contribution in [1.82, 2.24) is 9.97 Å². The van der Waals surface area contributed by atoms with Crippen LogP contribution in [0.15, 0.2) is 30.5 Å². The molecule has 20 heavy (non-hydrogen) atoms. The largest absolute Gasteiger partial charge is 0.397 e. The fraction of sp³-hybridized carbons (Fsp3) is 0.0667. The van der Waals surface area contributed by atoms with Gasteiger partial charge in [0.05, 0.1) is 33.2 Å². The average Bonchev–Trinajstić information content (AvgIpc) is 2.85. The summed E-state index contributed by atoms with van der Waals surface area (Å²) in [5.41, 5.74) is 10.2. The predicted octanol–water partition coefficient (Wildman–Crippen LogP) is 3.65. The zero-order chi connectivity index (χ0) is 14.3. The van der Waals surface area contributed by atoms with Crippen LogP contribution in [-0.2, 0) is 0 Å². The number of nitriles is 1. The fourth-order valence-electron chi connectivity index (χ4n) is 2.22. The first-order valence-electron chi connectivity index (χ1n) is 6.05. The maximum absolute atomic E-state index is 9.19. The Balaban J connectivity index is 2.28. The van der Waals surface area contributed by atoms with Crippen LogP contribution in [0, 0.1) is 18.3 Å². The molecule has 0 saturated heterocycles. The van der Waals surface area contributed by atoms with Crippen LogP contribution in [0.4, 0.5) is 5.69 Å². The Morgan fingerprint density at radius 2 is 2.10 bits per heavy atom. The zero-order valence-electron chi connectivity index (χ0n) is 10.7. The molecule has 3 rings (SSSR count). The minimum Gasteiger partial charge on any atom is -0.397 e. The standard InChI is InChI=1S/C15H11ClN4/c1-8-13(18)4-5-14(20-8)11-7-19-15-9(11)2-3-12(16)10(15)6-17/h2-5,7,19H,18H2,1H3. The molecule has 0 bridgehead atoms. The molecule has 1 aromatic carbocycles. The SMILES string of the molecule is Cc1nc(-c2c[nH]c3c(C#N)c(Cl)ccc23)ccc1N. The highest BCUT2D eigenvalue weighted by Gasteiger charge is 2.13. The number of aromatic amines is 1. The smallest absolute Gasteiger partial charge is 0.103 e. The summed E-state index contributed by atoms with van der Waals surface area (Å²) in [4.78, 5) is 7.59.